The van der Waals surface area contributed by atoms with Crippen molar-refractivity contribution >= 4 is 12.6 Å². The molecular formula is C10H18N2S. The van der Waals surface area contributed by atoms with Gasteiger partial charge in [-0.15, -0.1) is 0 Å². The topological polar surface area (TPSA) is 27.0 Å². The molecule has 0 aromatic heterocycles. The lowest BCUT2D eigenvalue weighted by atomic mass is 10.1. The molecule has 1 saturated carbocycles. The molecule has 0 aromatic carbocycles. The molecule has 0 bridgehead atoms. The summed E-state index contributed by atoms with van der Waals surface area (Å²) >= 11 is 4.37. The lowest BCUT2D eigenvalue weighted by Gasteiger charge is -2.26. The maximum atomic E-state index is 8.56. The van der Waals surface area contributed by atoms with Crippen molar-refractivity contribution in [1.29, 1.82) is 5.26 Å². The third-order valence-corrected chi connectivity index (χ3v) is 3.69. The Kier molecular flexibility index (Phi) is 3.63. The number of thiol groups is 1. The SMILES string of the molecule is CC(CC#N)N(C)CC1(CS)CC1. The van der Waals surface area contributed by atoms with Gasteiger partial charge in [0, 0.05) is 12.6 Å². The monoisotopic (exact) mass is 198 g/mol. The van der Waals surface area contributed by atoms with Crippen LogP contribution in [0.25, 0.3) is 0 Å². The number of rotatable bonds is 5. The maximum absolute atomic E-state index is 8.56. The first-order valence-corrected chi connectivity index (χ1v) is 5.45. The first kappa shape index (κ1) is 10.9. The summed E-state index contributed by atoms with van der Waals surface area (Å²) in [5.74, 6) is 0.983. The number of nitrogens with zero attached hydrogens (tertiary/aromatic N) is 2. The molecular weight excluding hydrogens is 180 g/mol. The Labute approximate surface area is 86.3 Å². The highest BCUT2D eigenvalue weighted by molar-refractivity contribution is 7.80. The van der Waals surface area contributed by atoms with E-state index in [4.69, 9.17) is 5.26 Å². The lowest BCUT2D eigenvalue weighted by molar-refractivity contribution is 0.220. The van der Waals surface area contributed by atoms with Gasteiger partial charge in [0.15, 0.2) is 0 Å². The zero-order chi connectivity index (χ0) is 9.90. The van der Waals surface area contributed by atoms with Crippen LogP contribution in [0.5, 0.6) is 0 Å². The molecule has 1 atom stereocenters. The molecule has 0 saturated heterocycles. The van der Waals surface area contributed by atoms with Crippen molar-refractivity contribution in [3.05, 3.63) is 0 Å². The molecule has 1 aliphatic carbocycles. The Hall–Kier alpha value is -0.200. The molecule has 13 heavy (non-hydrogen) atoms. The average molecular weight is 198 g/mol. The summed E-state index contributed by atoms with van der Waals surface area (Å²) in [6, 6.07) is 2.59. The molecule has 2 nitrogen and oxygen atoms in total. The summed E-state index contributed by atoms with van der Waals surface area (Å²) in [6.07, 6.45) is 3.24. The van der Waals surface area contributed by atoms with Crippen molar-refractivity contribution in [1.82, 2.24) is 4.90 Å². The van der Waals surface area contributed by atoms with Gasteiger partial charge >= 0.3 is 0 Å². The molecule has 0 aliphatic heterocycles. The Balaban J connectivity index is 2.32. The number of nitriles is 1. The summed E-state index contributed by atoms with van der Waals surface area (Å²) in [6.45, 7) is 3.21. The summed E-state index contributed by atoms with van der Waals surface area (Å²) in [7, 11) is 2.10. The van der Waals surface area contributed by atoms with E-state index < -0.39 is 0 Å². The number of hydrogen-bond donors (Lipinski definition) is 1. The van der Waals surface area contributed by atoms with Gasteiger partial charge in [-0.1, -0.05) is 0 Å². The molecule has 1 rings (SSSR count). The third kappa shape index (κ3) is 2.89. The van der Waals surface area contributed by atoms with Crippen LogP contribution in [-0.2, 0) is 0 Å². The predicted molar refractivity (Wildman–Crippen MR) is 57.8 cm³/mol. The van der Waals surface area contributed by atoms with E-state index in [0.29, 0.717) is 17.9 Å². The minimum atomic E-state index is 0.377. The van der Waals surface area contributed by atoms with Gasteiger partial charge in [-0.05, 0) is 38.0 Å². The standard InChI is InChI=1S/C10H18N2S/c1-9(3-6-11)12(2)7-10(8-13)4-5-10/h9,13H,3-5,7-8H2,1-2H3. The van der Waals surface area contributed by atoms with Crippen molar-refractivity contribution in [3.8, 4) is 6.07 Å². The van der Waals surface area contributed by atoms with Crippen LogP contribution in [0.4, 0.5) is 0 Å². The van der Waals surface area contributed by atoms with Gasteiger partial charge < -0.3 is 4.90 Å². The highest BCUT2D eigenvalue weighted by Gasteiger charge is 2.42. The van der Waals surface area contributed by atoms with Crippen molar-refractivity contribution in [2.75, 3.05) is 19.3 Å². The molecule has 0 N–H and O–H groups in total. The van der Waals surface area contributed by atoms with E-state index in [2.05, 4.69) is 37.6 Å². The van der Waals surface area contributed by atoms with E-state index >= 15 is 0 Å². The zero-order valence-electron chi connectivity index (χ0n) is 8.45. The van der Waals surface area contributed by atoms with Crippen LogP contribution in [0.3, 0.4) is 0 Å². The Morgan fingerprint density at radius 1 is 1.62 bits per heavy atom. The Morgan fingerprint density at radius 3 is 2.62 bits per heavy atom. The molecule has 0 amide bonds. The normalized spacial score (nSPS) is 21.2. The van der Waals surface area contributed by atoms with Crippen LogP contribution in [0, 0.1) is 16.7 Å². The minimum absolute atomic E-state index is 0.377. The molecule has 0 heterocycles. The summed E-state index contributed by atoms with van der Waals surface area (Å²) < 4.78 is 0. The van der Waals surface area contributed by atoms with Crippen molar-refractivity contribution in [3.63, 3.8) is 0 Å². The summed E-state index contributed by atoms with van der Waals surface area (Å²) in [5.41, 5.74) is 0.474. The second kappa shape index (κ2) is 4.34. The maximum Gasteiger partial charge on any atom is 0.0638 e. The molecule has 1 aliphatic rings. The molecule has 1 unspecified atom stereocenters. The molecule has 0 aromatic rings. The fourth-order valence-electron chi connectivity index (χ4n) is 1.52. The van der Waals surface area contributed by atoms with Gasteiger partial charge in [0.1, 0.15) is 0 Å². The van der Waals surface area contributed by atoms with Crippen LogP contribution < -0.4 is 0 Å². The highest BCUT2D eigenvalue weighted by Crippen LogP contribution is 2.47. The van der Waals surface area contributed by atoms with Crippen LogP contribution in [0.15, 0.2) is 0 Å². The van der Waals surface area contributed by atoms with Crippen molar-refractivity contribution in [2.24, 2.45) is 5.41 Å². The van der Waals surface area contributed by atoms with E-state index in [1.54, 1.807) is 0 Å². The quantitative estimate of drug-likeness (QED) is 0.683. The smallest absolute Gasteiger partial charge is 0.0638 e. The van der Waals surface area contributed by atoms with Crippen molar-refractivity contribution in [2.45, 2.75) is 32.2 Å². The van der Waals surface area contributed by atoms with Crippen LogP contribution in [0.2, 0.25) is 0 Å². The Bertz CT molecular complexity index is 205. The average Bonchev–Trinajstić information content (AvgIpc) is 2.86. The summed E-state index contributed by atoms with van der Waals surface area (Å²) in [4.78, 5) is 2.28. The van der Waals surface area contributed by atoms with E-state index in [0.717, 1.165) is 12.3 Å². The second-order valence-corrected chi connectivity index (χ2v) is 4.60. The van der Waals surface area contributed by atoms with E-state index in [1.807, 2.05) is 0 Å². The van der Waals surface area contributed by atoms with E-state index in [9.17, 15) is 0 Å². The largest absolute Gasteiger partial charge is 0.302 e. The first-order chi connectivity index (χ1) is 6.13. The molecule has 3 heteroatoms. The van der Waals surface area contributed by atoms with Crippen molar-refractivity contribution < 1.29 is 0 Å². The van der Waals surface area contributed by atoms with Gasteiger partial charge in [-0.2, -0.15) is 17.9 Å². The van der Waals surface area contributed by atoms with E-state index in [-0.39, 0.29) is 0 Å². The number of hydrogen-bond acceptors (Lipinski definition) is 3. The first-order valence-electron chi connectivity index (χ1n) is 4.81. The molecule has 0 spiro atoms. The zero-order valence-corrected chi connectivity index (χ0v) is 9.35. The van der Waals surface area contributed by atoms with Gasteiger partial charge in [-0.3, -0.25) is 0 Å². The third-order valence-electron chi connectivity index (χ3n) is 3.02. The van der Waals surface area contributed by atoms with Gasteiger partial charge in [0.2, 0.25) is 0 Å². The minimum Gasteiger partial charge on any atom is -0.302 e. The van der Waals surface area contributed by atoms with Gasteiger partial charge in [0.25, 0.3) is 0 Å². The van der Waals surface area contributed by atoms with Crippen LogP contribution >= 0.6 is 12.6 Å². The highest BCUT2D eigenvalue weighted by atomic mass is 32.1. The van der Waals surface area contributed by atoms with Gasteiger partial charge in [0.05, 0.1) is 12.5 Å². The van der Waals surface area contributed by atoms with E-state index in [1.165, 1.54) is 12.8 Å². The summed E-state index contributed by atoms with van der Waals surface area (Å²) in [5, 5.41) is 8.56. The molecule has 1 fully saturated rings. The fraction of sp³-hybridized carbons (Fsp3) is 0.900. The Morgan fingerprint density at radius 2 is 2.23 bits per heavy atom. The lowest BCUT2D eigenvalue weighted by Crippen LogP contribution is -2.34. The molecule has 74 valence electrons. The van der Waals surface area contributed by atoms with Crippen LogP contribution in [-0.4, -0.2) is 30.3 Å². The second-order valence-electron chi connectivity index (χ2n) is 4.28. The fourth-order valence-corrected chi connectivity index (χ4v) is 1.93. The van der Waals surface area contributed by atoms with Gasteiger partial charge in [-0.25, -0.2) is 0 Å². The predicted octanol–water partition coefficient (Wildman–Crippen LogP) is 1.93. The van der Waals surface area contributed by atoms with Crippen LogP contribution in [0.1, 0.15) is 26.2 Å². The molecule has 0 radical (unpaired) electrons.